The number of ether oxygens (including phenoxy) is 1. The van der Waals surface area contributed by atoms with Gasteiger partial charge in [0.1, 0.15) is 5.60 Å². The van der Waals surface area contributed by atoms with Gasteiger partial charge in [0.25, 0.3) is 0 Å². The molecule has 0 bridgehead atoms. The zero-order valence-corrected chi connectivity index (χ0v) is 15.2. The van der Waals surface area contributed by atoms with Crippen LogP contribution in [0.15, 0.2) is 24.3 Å². The molecule has 2 rings (SSSR count). The van der Waals surface area contributed by atoms with Gasteiger partial charge in [-0.3, -0.25) is 0 Å². The van der Waals surface area contributed by atoms with E-state index in [0.717, 1.165) is 30.0 Å². The molecule has 1 fully saturated rings. The lowest BCUT2D eigenvalue weighted by atomic mass is 9.86. The Hall–Kier alpha value is -1.26. The maximum absolute atomic E-state index is 12.3. The summed E-state index contributed by atoms with van der Waals surface area (Å²) < 4.78 is 5.51. The van der Waals surface area contributed by atoms with E-state index in [9.17, 15) is 4.79 Å². The van der Waals surface area contributed by atoms with Gasteiger partial charge >= 0.3 is 6.09 Å². The van der Waals surface area contributed by atoms with Crippen LogP contribution in [0.3, 0.4) is 0 Å². The molecule has 0 radical (unpaired) electrons. The van der Waals surface area contributed by atoms with Gasteiger partial charge in [-0.1, -0.05) is 29.8 Å². The Morgan fingerprint density at radius 1 is 1.39 bits per heavy atom. The molecule has 1 aromatic carbocycles. The molecule has 0 saturated carbocycles. The van der Waals surface area contributed by atoms with E-state index >= 15 is 0 Å². The number of likely N-dealkylation sites (tertiary alicyclic amines) is 1. The number of halogens is 1. The van der Waals surface area contributed by atoms with Crippen LogP contribution in [0.1, 0.15) is 45.2 Å². The molecule has 1 amide bonds. The number of amides is 1. The molecule has 1 aliphatic rings. The fraction of sp³-hybridized carbons (Fsp3) is 0.611. The van der Waals surface area contributed by atoms with Crippen molar-refractivity contribution >= 4 is 17.7 Å². The monoisotopic (exact) mass is 338 g/mol. The summed E-state index contributed by atoms with van der Waals surface area (Å²) in [5.74, 6) is 0.321. The molecule has 1 saturated heterocycles. The maximum atomic E-state index is 12.3. The van der Waals surface area contributed by atoms with Crippen molar-refractivity contribution in [3.8, 4) is 0 Å². The van der Waals surface area contributed by atoms with Gasteiger partial charge in [0, 0.05) is 24.2 Å². The van der Waals surface area contributed by atoms with Gasteiger partial charge in [0.05, 0.1) is 0 Å². The lowest BCUT2D eigenvalue weighted by molar-refractivity contribution is 0.0145. The fourth-order valence-electron chi connectivity index (χ4n) is 3.15. The van der Waals surface area contributed by atoms with Crippen LogP contribution < -0.4 is 5.32 Å². The summed E-state index contributed by atoms with van der Waals surface area (Å²) in [5, 5.41) is 4.14. The Balaban J connectivity index is 2.10. The SMILES string of the molecule is CNC(c1ccccc1Cl)C1CCCN(C(=O)OC(C)(C)C)C1. The molecule has 5 heteroatoms. The lowest BCUT2D eigenvalue weighted by Crippen LogP contribution is -2.45. The maximum Gasteiger partial charge on any atom is 0.410 e. The van der Waals surface area contributed by atoms with Crippen molar-refractivity contribution in [2.24, 2.45) is 5.92 Å². The van der Waals surface area contributed by atoms with Crippen molar-refractivity contribution in [2.75, 3.05) is 20.1 Å². The molecule has 4 nitrogen and oxygen atoms in total. The molecule has 2 atom stereocenters. The number of hydrogen-bond acceptors (Lipinski definition) is 3. The fourth-order valence-corrected chi connectivity index (χ4v) is 3.40. The van der Waals surface area contributed by atoms with Gasteiger partial charge in [-0.05, 0) is 58.2 Å². The first kappa shape index (κ1) is 18.1. The second-order valence-corrected chi connectivity index (χ2v) is 7.52. The highest BCUT2D eigenvalue weighted by molar-refractivity contribution is 6.31. The first-order chi connectivity index (χ1) is 10.8. The van der Waals surface area contributed by atoms with Gasteiger partial charge in [-0.15, -0.1) is 0 Å². The number of hydrogen-bond donors (Lipinski definition) is 1. The molecule has 1 aliphatic heterocycles. The average molecular weight is 339 g/mol. The molecular formula is C18H27ClN2O2. The minimum Gasteiger partial charge on any atom is -0.444 e. The smallest absolute Gasteiger partial charge is 0.410 e. The van der Waals surface area contributed by atoms with E-state index in [0.29, 0.717) is 12.5 Å². The highest BCUT2D eigenvalue weighted by Gasteiger charge is 2.32. The quantitative estimate of drug-likeness (QED) is 0.895. The van der Waals surface area contributed by atoms with E-state index < -0.39 is 5.60 Å². The van der Waals surface area contributed by atoms with Crippen LogP contribution in [-0.2, 0) is 4.74 Å². The second kappa shape index (κ2) is 7.54. The molecule has 1 heterocycles. The van der Waals surface area contributed by atoms with E-state index in [-0.39, 0.29) is 12.1 Å². The van der Waals surface area contributed by atoms with Crippen LogP contribution >= 0.6 is 11.6 Å². The van der Waals surface area contributed by atoms with Crippen molar-refractivity contribution in [3.05, 3.63) is 34.9 Å². The van der Waals surface area contributed by atoms with Crippen LogP contribution in [0.2, 0.25) is 5.02 Å². The van der Waals surface area contributed by atoms with Crippen LogP contribution in [0.25, 0.3) is 0 Å². The van der Waals surface area contributed by atoms with Crippen LogP contribution in [-0.4, -0.2) is 36.7 Å². The zero-order valence-electron chi connectivity index (χ0n) is 14.4. The Morgan fingerprint density at radius 2 is 2.09 bits per heavy atom. The first-order valence-electron chi connectivity index (χ1n) is 8.21. The van der Waals surface area contributed by atoms with E-state index in [1.807, 2.05) is 50.9 Å². The zero-order chi connectivity index (χ0) is 17.0. The topological polar surface area (TPSA) is 41.6 Å². The van der Waals surface area contributed by atoms with Crippen LogP contribution in [0.4, 0.5) is 4.79 Å². The molecular weight excluding hydrogens is 312 g/mol. The van der Waals surface area contributed by atoms with Gasteiger partial charge in [0.15, 0.2) is 0 Å². The summed E-state index contributed by atoms with van der Waals surface area (Å²) in [6, 6.07) is 8.03. The van der Waals surface area contributed by atoms with E-state index in [1.54, 1.807) is 0 Å². The number of piperidine rings is 1. The van der Waals surface area contributed by atoms with Gasteiger partial charge in [-0.2, -0.15) is 0 Å². The summed E-state index contributed by atoms with van der Waals surface area (Å²) in [4.78, 5) is 14.2. The van der Waals surface area contributed by atoms with Gasteiger partial charge in [-0.25, -0.2) is 4.79 Å². The van der Waals surface area contributed by atoms with Crippen molar-refractivity contribution in [2.45, 2.75) is 45.3 Å². The average Bonchev–Trinajstić information content (AvgIpc) is 2.48. The molecule has 1 aromatic rings. The Bertz CT molecular complexity index is 542. The number of nitrogens with zero attached hydrogens (tertiary/aromatic N) is 1. The predicted octanol–water partition coefficient (Wildman–Crippen LogP) is 4.25. The molecule has 128 valence electrons. The Labute approximate surface area is 144 Å². The molecule has 1 N–H and O–H groups in total. The second-order valence-electron chi connectivity index (χ2n) is 7.12. The standard InChI is InChI=1S/C18H27ClN2O2/c1-18(2,3)23-17(22)21-11-7-8-13(12-21)16(20-4)14-9-5-6-10-15(14)19/h5-6,9-10,13,16,20H,7-8,11-12H2,1-4H3. The van der Waals surface area contributed by atoms with Gasteiger partial charge < -0.3 is 15.0 Å². The summed E-state index contributed by atoms with van der Waals surface area (Å²) >= 11 is 6.36. The Morgan fingerprint density at radius 3 is 2.70 bits per heavy atom. The largest absolute Gasteiger partial charge is 0.444 e. The summed E-state index contributed by atoms with van der Waals surface area (Å²) in [6.07, 6.45) is 1.82. The molecule has 0 aliphatic carbocycles. The third kappa shape index (κ3) is 4.85. The summed E-state index contributed by atoms with van der Waals surface area (Å²) in [7, 11) is 1.94. The number of benzene rings is 1. The number of nitrogens with one attached hydrogen (secondary N) is 1. The highest BCUT2D eigenvalue weighted by atomic mass is 35.5. The van der Waals surface area contributed by atoms with Crippen molar-refractivity contribution < 1.29 is 9.53 Å². The predicted molar refractivity (Wildman–Crippen MR) is 93.8 cm³/mol. The molecule has 2 unspecified atom stereocenters. The third-order valence-corrected chi connectivity index (χ3v) is 4.48. The van der Waals surface area contributed by atoms with Crippen LogP contribution in [0, 0.1) is 5.92 Å². The third-order valence-electron chi connectivity index (χ3n) is 4.13. The summed E-state index contributed by atoms with van der Waals surface area (Å²) in [5.41, 5.74) is 0.627. The molecule has 0 spiro atoms. The van der Waals surface area contributed by atoms with Gasteiger partial charge in [0.2, 0.25) is 0 Å². The highest BCUT2D eigenvalue weighted by Crippen LogP contribution is 2.33. The van der Waals surface area contributed by atoms with E-state index in [1.165, 1.54) is 0 Å². The normalized spacial score (nSPS) is 20.2. The minimum atomic E-state index is -0.463. The number of carbonyl (C=O) groups excluding carboxylic acids is 1. The Kier molecular flexibility index (Phi) is 5.93. The van der Waals surface area contributed by atoms with Crippen molar-refractivity contribution in [3.63, 3.8) is 0 Å². The molecule has 23 heavy (non-hydrogen) atoms. The molecule has 0 aromatic heterocycles. The lowest BCUT2D eigenvalue weighted by Gasteiger charge is -2.38. The van der Waals surface area contributed by atoms with Crippen LogP contribution in [0.5, 0.6) is 0 Å². The van der Waals surface area contributed by atoms with E-state index in [4.69, 9.17) is 16.3 Å². The van der Waals surface area contributed by atoms with Crippen molar-refractivity contribution in [1.82, 2.24) is 10.2 Å². The number of carbonyl (C=O) groups is 1. The minimum absolute atomic E-state index is 0.133. The van der Waals surface area contributed by atoms with Crippen molar-refractivity contribution in [1.29, 1.82) is 0 Å². The summed E-state index contributed by atoms with van der Waals surface area (Å²) in [6.45, 7) is 7.13. The first-order valence-corrected chi connectivity index (χ1v) is 8.59. The van der Waals surface area contributed by atoms with E-state index in [2.05, 4.69) is 11.4 Å². The number of rotatable bonds is 3.